The van der Waals surface area contributed by atoms with E-state index in [9.17, 15) is 8.42 Å². The zero-order chi connectivity index (χ0) is 15.3. The Kier molecular flexibility index (Phi) is 5.75. The van der Waals surface area contributed by atoms with Gasteiger partial charge in [0.2, 0.25) is 0 Å². The Balaban J connectivity index is 1.89. The van der Waals surface area contributed by atoms with Crippen molar-refractivity contribution in [1.29, 1.82) is 0 Å². The fraction of sp³-hybridized carbons (Fsp3) is 0.600. The van der Waals surface area contributed by atoms with Gasteiger partial charge in [-0.1, -0.05) is 30.3 Å². The summed E-state index contributed by atoms with van der Waals surface area (Å²) in [6.45, 7) is 0.391. The molecular formula is C15H25N3O2S. The average Bonchev–Trinajstić information content (AvgIpc) is 2.48. The third-order valence-electron chi connectivity index (χ3n) is 4.11. The van der Waals surface area contributed by atoms with Crippen LogP contribution in [0.5, 0.6) is 0 Å². The van der Waals surface area contributed by atoms with Crippen molar-refractivity contribution >= 4 is 10.2 Å². The first-order chi connectivity index (χ1) is 10.0. The summed E-state index contributed by atoms with van der Waals surface area (Å²) in [6.07, 6.45) is 3.83. The highest BCUT2D eigenvalue weighted by Gasteiger charge is 2.26. The van der Waals surface area contributed by atoms with Crippen LogP contribution in [-0.4, -0.2) is 38.9 Å². The van der Waals surface area contributed by atoms with Crippen LogP contribution in [0.15, 0.2) is 30.3 Å². The molecule has 0 bridgehead atoms. The second-order valence-electron chi connectivity index (χ2n) is 5.70. The zero-order valence-electron chi connectivity index (χ0n) is 12.7. The van der Waals surface area contributed by atoms with E-state index in [0.29, 0.717) is 12.6 Å². The van der Waals surface area contributed by atoms with Gasteiger partial charge in [-0.05, 0) is 38.3 Å². The smallest absolute Gasteiger partial charge is 0.279 e. The standard InChI is InChI=1S/C15H25N3O2S/c1-16-14-8-10-15(11-9-14)17-21(19,20)18(2)12-13-6-4-3-5-7-13/h3-7,14-17H,8-12H2,1-2H3. The van der Waals surface area contributed by atoms with E-state index in [1.807, 2.05) is 37.4 Å². The highest BCUT2D eigenvalue weighted by Crippen LogP contribution is 2.19. The summed E-state index contributed by atoms with van der Waals surface area (Å²) in [6, 6.07) is 10.2. The van der Waals surface area contributed by atoms with Crippen LogP contribution in [0.3, 0.4) is 0 Å². The number of benzene rings is 1. The Bertz CT molecular complexity index is 525. The zero-order valence-corrected chi connectivity index (χ0v) is 13.6. The summed E-state index contributed by atoms with van der Waals surface area (Å²) in [5, 5.41) is 3.26. The quantitative estimate of drug-likeness (QED) is 0.836. The molecule has 0 radical (unpaired) electrons. The molecular weight excluding hydrogens is 286 g/mol. The summed E-state index contributed by atoms with van der Waals surface area (Å²) >= 11 is 0. The molecule has 118 valence electrons. The summed E-state index contributed by atoms with van der Waals surface area (Å²) in [5.74, 6) is 0. The molecule has 5 nitrogen and oxygen atoms in total. The molecule has 0 atom stereocenters. The Hall–Kier alpha value is -0.950. The molecule has 6 heteroatoms. The van der Waals surface area contributed by atoms with Crippen LogP contribution in [0.1, 0.15) is 31.2 Å². The van der Waals surface area contributed by atoms with E-state index < -0.39 is 10.2 Å². The molecule has 1 fully saturated rings. The molecule has 2 rings (SSSR count). The van der Waals surface area contributed by atoms with Gasteiger partial charge in [-0.3, -0.25) is 0 Å². The van der Waals surface area contributed by atoms with Gasteiger partial charge < -0.3 is 5.32 Å². The maximum Gasteiger partial charge on any atom is 0.279 e. The summed E-state index contributed by atoms with van der Waals surface area (Å²) in [7, 11) is 0.161. The van der Waals surface area contributed by atoms with Crippen LogP contribution in [0.25, 0.3) is 0 Å². The van der Waals surface area contributed by atoms with E-state index in [4.69, 9.17) is 0 Å². The van der Waals surface area contributed by atoms with Gasteiger partial charge >= 0.3 is 0 Å². The monoisotopic (exact) mass is 311 g/mol. The van der Waals surface area contributed by atoms with E-state index in [1.54, 1.807) is 7.05 Å². The lowest BCUT2D eigenvalue weighted by Crippen LogP contribution is -2.46. The molecule has 0 aliphatic heterocycles. The van der Waals surface area contributed by atoms with Gasteiger partial charge in [-0.15, -0.1) is 0 Å². The highest BCUT2D eigenvalue weighted by molar-refractivity contribution is 7.87. The largest absolute Gasteiger partial charge is 0.317 e. The van der Waals surface area contributed by atoms with Gasteiger partial charge in [0.25, 0.3) is 10.2 Å². The predicted molar refractivity (Wildman–Crippen MR) is 85.1 cm³/mol. The second kappa shape index (κ2) is 7.35. The van der Waals surface area contributed by atoms with Crippen LogP contribution in [0.4, 0.5) is 0 Å². The fourth-order valence-corrected chi connectivity index (χ4v) is 3.88. The van der Waals surface area contributed by atoms with Crippen molar-refractivity contribution in [2.24, 2.45) is 0 Å². The lowest BCUT2D eigenvalue weighted by molar-refractivity contribution is 0.335. The average molecular weight is 311 g/mol. The van der Waals surface area contributed by atoms with E-state index in [1.165, 1.54) is 4.31 Å². The van der Waals surface area contributed by atoms with Crippen molar-refractivity contribution < 1.29 is 8.42 Å². The molecule has 0 unspecified atom stereocenters. The maximum atomic E-state index is 12.4. The third-order valence-corrected chi connectivity index (χ3v) is 5.69. The van der Waals surface area contributed by atoms with Gasteiger partial charge in [0, 0.05) is 25.7 Å². The van der Waals surface area contributed by atoms with Crippen LogP contribution in [-0.2, 0) is 16.8 Å². The molecule has 1 aliphatic rings. The highest BCUT2D eigenvalue weighted by atomic mass is 32.2. The number of hydrogen-bond donors (Lipinski definition) is 2. The van der Waals surface area contributed by atoms with Crippen molar-refractivity contribution in [1.82, 2.24) is 14.3 Å². The summed E-state index contributed by atoms with van der Waals surface area (Å²) in [4.78, 5) is 0. The number of rotatable bonds is 6. The summed E-state index contributed by atoms with van der Waals surface area (Å²) < 4.78 is 28.9. The first-order valence-corrected chi connectivity index (χ1v) is 8.90. The van der Waals surface area contributed by atoms with Gasteiger partial charge in [0.05, 0.1) is 0 Å². The van der Waals surface area contributed by atoms with Crippen molar-refractivity contribution in [2.75, 3.05) is 14.1 Å². The number of hydrogen-bond acceptors (Lipinski definition) is 3. The van der Waals surface area contributed by atoms with Crippen molar-refractivity contribution in [3.8, 4) is 0 Å². The lowest BCUT2D eigenvalue weighted by atomic mass is 9.92. The van der Waals surface area contributed by atoms with Gasteiger partial charge in [0.1, 0.15) is 0 Å². The second-order valence-corrected chi connectivity index (χ2v) is 7.51. The minimum absolute atomic E-state index is 0.0535. The molecule has 1 aromatic rings. The molecule has 1 aliphatic carbocycles. The van der Waals surface area contributed by atoms with Crippen LogP contribution >= 0.6 is 0 Å². The van der Waals surface area contributed by atoms with Crippen LogP contribution in [0.2, 0.25) is 0 Å². The van der Waals surface area contributed by atoms with Crippen molar-refractivity contribution in [3.63, 3.8) is 0 Å². The first-order valence-electron chi connectivity index (χ1n) is 7.46. The molecule has 2 N–H and O–H groups in total. The fourth-order valence-electron chi connectivity index (χ4n) is 2.73. The summed E-state index contributed by atoms with van der Waals surface area (Å²) in [5.41, 5.74) is 0.990. The number of nitrogens with one attached hydrogen (secondary N) is 2. The first kappa shape index (κ1) is 16.4. The minimum atomic E-state index is -3.42. The SMILES string of the molecule is CNC1CCC(NS(=O)(=O)N(C)Cc2ccccc2)CC1. The third kappa shape index (κ3) is 4.78. The van der Waals surface area contributed by atoms with E-state index >= 15 is 0 Å². The van der Waals surface area contributed by atoms with E-state index in [2.05, 4.69) is 10.0 Å². The molecule has 21 heavy (non-hydrogen) atoms. The lowest BCUT2D eigenvalue weighted by Gasteiger charge is -2.30. The van der Waals surface area contributed by atoms with Gasteiger partial charge in [-0.2, -0.15) is 17.4 Å². The Labute approximate surface area is 127 Å². The topological polar surface area (TPSA) is 61.4 Å². The van der Waals surface area contributed by atoms with Gasteiger partial charge in [-0.25, -0.2) is 0 Å². The number of nitrogens with zero attached hydrogens (tertiary/aromatic N) is 1. The molecule has 0 aromatic heterocycles. The van der Waals surface area contributed by atoms with Crippen LogP contribution < -0.4 is 10.0 Å². The minimum Gasteiger partial charge on any atom is -0.317 e. The maximum absolute atomic E-state index is 12.4. The molecule has 0 saturated heterocycles. The molecule has 0 heterocycles. The van der Waals surface area contributed by atoms with Crippen molar-refractivity contribution in [2.45, 2.75) is 44.3 Å². The Morgan fingerprint density at radius 2 is 1.67 bits per heavy atom. The Morgan fingerprint density at radius 3 is 2.24 bits per heavy atom. The van der Waals surface area contributed by atoms with Crippen molar-refractivity contribution in [3.05, 3.63) is 35.9 Å². The van der Waals surface area contributed by atoms with E-state index in [0.717, 1.165) is 31.2 Å². The molecule has 0 amide bonds. The van der Waals surface area contributed by atoms with E-state index in [-0.39, 0.29) is 6.04 Å². The molecule has 0 spiro atoms. The molecule has 1 aromatic carbocycles. The van der Waals surface area contributed by atoms with Crippen LogP contribution in [0, 0.1) is 0 Å². The Morgan fingerprint density at radius 1 is 1.10 bits per heavy atom. The molecule has 1 saturated carbocycles. The van der Waals surface area contributed by atoms with Gasteiger partial charge in [0.15, 0.2) is 0 Å². The predicted octanol–water partition coefficient (Wildman–Crippen LogP) is 1.48. The normalized spacial score (nSPS) is 23.4.